The van der Waals surface area contributed by atoms with Crippen molar-refractivity contribution in [3.8, 4) is 11.1 Å². The molecule has 0 saturated carbocycles. The fourth-order valence-corrected chi connectivity index (χ4v) is 4.05. The molecule has 6 nitrogen and oxygen atoms in total. The summed E-state index contributed by atoms with van der Waals surface area (Å²) < 4.78 is 19.5. The molecule has 1 aliphatic heterocycles. The van der Waals surface area contributed by atoms with Crippen LogP contribution in [0.3, 0.4) is 0 Å². The van der Waals surface area contributed by atoms with E-state index in [0.29, 0.717) is 12.2 Å². The fourth-order valence-electron chi connectivity index (χ4n) is 4.05. The third kappa shape index (κ3) is 4.38. The molecular formula is C25H24FN3O3. The summed E-state index contributed by atoms with van der Waals surface area (Å²) in [7, 11) is 1.55. The number of hydrogen-bond donors (Lipinski definition) is 1. The summed E-state index contributed by atoms with van der Waals surface area (Å²) in [5, 5.41) is 2.69. The Morgan fingerprint density at radius 3 is 2.56 bits per heavy atom. The van der Waals surface area contributed by atoms with Crippen LogP contribution in [0.1, 0.15) is 16.1 Å². The molecule has 7 heteroatoms. The number of pyridine rings is 1. The van der Waals surface area contributed by atoms with Gasteiger partial charge in [0.2, 0.25) is 0 Å². The Hall–Kier alpha value is -3.58. The minimum absolute atomic E-state index is 0.0971. The zero-order valence-electron chi connectivity index (χ0n) is 17.8. The first kappa shape index (κ1) is 21.6. The molecule has 0 bridgehead atoms. The van der Waals surface area contributed by atoms with E-state index in [1.807, 2.05) is 24.3 Å². The zero-order chi connectivity index (χ0) is 22.6. The molecule has 1 atom stereocenters. The maximum absolute atomic E-state index is 13.4. The third-order valence-corrected chi connectivity index (χ3v) is 5.65. The van der Waals surface area contributed by atoms with Gasteiger partial charge in [-0.15, -0.1) is 0 Å². The maximum atomic E-state index is 13.4. The molecule has 1 fully saturated rings. The number of nitrogens with one attached hydrogen (secondary N) is 1. The molecule has 2 heterocycles. The number of halogens is 1. The van der Waals surface area contributed by atoms with Gasteiger partial charge in [-0.1, -0.05) is 42.5 Å². The highest BCUT2D eigenvalue weighted by atomic mass is 19.1. The predicted octanol–water partition coefficient (Wildman–Crippen LogP) is 3.09. The smallest absolute Gasteiger partial charge is 0.272 e. The Morgan fingerprint density at radius 1 is 1.09 bits per heavy atom. The summed E-state index contributed by atoms with van der Waals surface area (Å²) >= 11 is 0. The van der Waals surface area contributed by atoms with Crippen LogP contribution in [0, 0.1) is 5.82 Å². The molecule has 3 aromatic rings. The number of benzene rings is 2. The van der Waals surface area contributed by atoms with E-state index in [2.05, 4.69) is 10.3 Å². The highest BCUT2D eigenvalue weighted by Crippen LogP contribution is 2.31. The van der Waals surface area contributed by atoms with Crippen molar-refractivity contribution in [2.24, 2.45) is 0 Å². The second-order valence-electron chi connectivity index (χ2n) is 7.70. The van der Waals surface area contributed by atoms with Crippen LogP contribution in [0.25, 0.3) is 11.1 Å². The lowest BCUT2D eigenvalue weighted by Gasteiger charge is -2.41. The van der Waals surface area contributed by atoms with Crippen molar-refractivity contribution in [2.45, 2.75) is 12.0 Å². The van der Waals surface area contributed by atoms with Crippen molar-refractivity contribution in [1.29, 1.82) is 0 Å². The van der Waals surface area contributed by atoms with E-state index in [0.717, 1.165) is 16.7 Å². The second kappa shape index (κ2) is 9.28. The lowest BCUT2D eigenvalue weighted by atomic mass is 9.87. The van der Waals surface area contributed by atoms with Gasteiger partial charge in [0, 0.05) is 26.2 Å². The lowest BCUT2D eigenvalue weighted by Crippen LogP contribution is -2.61. The average molecular weight is 433 g/mol. The normalized spacial score (nSPS) is 18.2. The van der Waals surface area contributed by atoms with Crippen LogP contribution in [0.4, 0.5) is 4.39 Å². The summed E-state index contributed by atoms with van der Waals surface area (Å²) in [5.74, 6) is -0.855. The molecule has 1 saturated heterocycles. The van der Waals surface area contributed by atoms with Crippen LogP contribution < -0.4 is 5.32 Å². The zero-order valence-corrected chi connectivity index (χ0v) is 17.8. The standard InChI is InChI=1S/C25H24FN3O3/c1-27-24(31)25(17-29(14-15-32-25)23(30)22-8-4-5-13-28-22)16-19-6-2-3-7-21(19)18-9-11-20(26)12-10-18/h2-13H,14-17H2,1H3,(H,27,31)/t25-/m0/s1. The molecule has 0 unspecified atom stereocenters. The lowest BCUT2D eigenvalue weighted by molar-refractivity contribution is -0.156. The van der Waals surface area contributed by atoms with E-state index in [-0.39, 0.29) is 37.2 Å². The van der Waals surface area contributed by atoms with Gasteiger partial charge in [-0.25, -0.2) is 4.39 Å². The van der Waals surface area contributed by atoms with Gasteiger partial charge in [0.05, 0.1) is 13.2 Å². The van der Waals surface area contributed by atoms with Crippen molar-refractivity contribution in [3.63, 3.8) is 0 Å². The Kier molecular flexibility index (Phi) is 6.28. The van der Waals surface area contributed by atoms with E-state index in [4.69, 9.17) is 4.74 Å². The van der Waals surface area contributed by atoms with Crippen LogP contribution in [-0.2, 0) is 16.0 Å². The third-order valence-electron chi connectivity index (χ3n) is 5.65. The molecule has 1 N–H and O–H groups in total. The van der Waals surface area contributed by atoms with Gasteiger partial charge in [0.1, 0.15) is 11.5 Å². The van der Waals surface area contributed by atoms with E-state index >= 15 is 0 Å². The van der Waals surface area contributed by atoms with Crippen LogP contribution in [0.15, 0.2) is 72.9 Å². The quantitative estimate of drug-likeness (QED) is 0.671. The van der Waals surface area contributed by atoms with Gasteiger partial charge in [-0.2, -0.15) is 0 Å². The molecule has 0 spiro atoms. The summed E-state index contributed by atoms with van der Waals surface area (Å²) in [6, 6.07) is 19.0. The average Bonchev–Trinajstić information content (AvgIpc) is 2.84. The molecule has 32 heavy (non-hydrogen) atoms. The number of carbonyl (C=O) groups excluding carboxylic acids is 2. The number of carbonyl (C=O) groups is 2. The fraction of sp³-hybridized carbons (Fsp3) is 0.240. The highest BCUT2D eigenvalue weighted by Gasteiger charge is 2.45. The molecular weight excluding hydrogens is 409 g/mol. The van der Waals surface area contributed by atoms with E-state index in [9.17, 15) is 14.0 Å². The van der Waals surface area contributed by atoms with Crippen LogP contribution in [-0.4, -0.2) is 54.0 Å². The Labute approximate surface area is 186 Å². The number of ether oxygens (including phenoxy) is 1. The summed E-state index contributed by atoms with van der Waals surface area (Å²) in [5.41, 5.74) is 1.66. The summed E-state index contributed by atoms with van der Waals surface area (Å²) in [6.45, 7) is 0.693. The largest absolute Gasteiger partial charge is 0.361 e. The first-order chi connectivity index (χ1) is 15.5. The number of aromatic nitrogens is 1. The summed E-state index contributed by atoms with van der Waals surface area (Å²) in [6.07, 6.45) is 1.82. The van der Waals surface area contributed by atoms with Crippen molar-refractivity contribution in [3.05, 3.63) is 90.0 Å². The van der Waals surface area contributed by atoms with Crippen molar-refractivity contribution in [2.75, 3.05) is 26.7 Å². The number of nitrogens with zero attached hydrogens (tertiary/aromatic N) is 2. The van der Waals surface area contributed by atoms with Gasteiger partial charge in [-0.05, 0) is 41.0 Å². The molecule has 0 radical (unpaired) electrons. The van der Waals surface area contributed by atoms with E-state index in [1.54, 1.807) is 48.5 Å². The number of morpholine rings is 1. The molecule has 0 aliphatic carbocycles. The van der Waals surface area contributed by atoms with Gasteiger partial charge >= 0.3 is 0 Å². The molecule has 164 valence electrons. The number of likely N-dealkylation sites (N-methyl/N-ethyl adjacent to an activating group) is 1. The Bertz CT molecular complexity index is 1100. The van der Waals surface area contributed by atoms with Gasteiger partial charge < -0.3 is 15.0 Å². The van der Waals surface area contributed by atoms with E-state index in [1.165, 1.54) is 12.1 Å². The second-order valence-corrected chi connectivity index (χ2v) is 7.70. The Morgan fingerprint density at radius 2 is 1.84 bits per heavy atom. The molecule has 2 aromatic carbocycles. The first-order valence-corrected chi connectivity index (χ1v) is 10.4. The molecule has 2 amide bonds. The molecule has 1 aliphatic rings. The minimum atomic E-state index is -1.26. The van der Waals surface area contributed by atoms with Gasteiger partial charge in [0.25, 0.3) is 11.8 Å². The maximum Gasteiger partial charge on any atom is 0.272 e. The SMILES string of the molecule is CNC(=O)[C@]1(Cc2ccccc2-c2ccc(F)cc2)CN(C(=O)c2ccccn2)CCO1. The topological polar surface area (TPSA) is 71.5 Å². The first-order valence-electron chi connectivity index (χ1n) is 10.4. The predicted molar refractivity (Wildman–Crippen MR) is 118 cm³/mol. The number of rotatable bonds is 5. The van der Waals surface area contributed by atoms with Crippen molar-refractivity contribution < 1.29 is 18.7 Å². The van der Waals surface area contributed by atoms with Gasteiger partial charge in [-0.3, -0.25) is 14.6 Å². The van der Waals surface area contributed by atoms with Crippen molar-refractivity contribution >= 4 is 11.8 Å². The monoisotopic (exact) mass is 433 g/mol. The van der Waals surface area contributed by atoms with Crippen LogP contribution in [0.2, 0.25) is 0 Å². The molecule has 4 rings (SSSR count). The summed E-state index contributed by atoms with van der Waals surface area (Å²) in [4.78, 5) is 31.8. The van der Waals surface area contributed by atoms with Crippen LogP contribution >= 0.6 is 0 Å². The van der Waals surface area contributed by atoms with E-state index < -0.39 is 5.60 Å². The highest BCUT2D eigenvalue weighted by molar-refractivity contribution is 5.94. The number of amides is 2. The van der Waals surface area contributed by atoms with Gasteiger partial charge in [0.15, 0.2) is 5.60 Å². The number of hydrogen-bond acceptors (Lipinski definition) is 4. The van der Waals surface area contributed by atoms with Crippen LogP contribution in [0.5, 0.6) is 0 Å². The molecule has 1 aromatic heterocycles. The van der Waals surface area contributed by atoms with Crippen molar-refractivity contribution in [1.82, 2.24) is 15.2 Å². The minimum Gasteiger partial charge on any atom is -0.361 e. The Balaban J connectivity index is 1.67.